The molecule has 0 fully saturated rings. The summed E-state index contributed by atoms with van der Waals surface area (Å²) in [6.45, 7) is 2.03. The van der Waals surface area contributed by atoms with Gasteiger partial charge in [0.25, 0.3) is 0 Å². The van der Waals surface area contributed by atoms with Gasteiger partial charge in [0.15, 0.2) is 0 Å². The first-order valence-corrected chi connectivity index (χ1v) is 5.81. The Hall–Kier alpha value is -1.35. The largest absolute Gasteiger partial charge is 0.504 e. The van der Waals surface area contributed by atoms with Crippen LogP contribution < -0.4 is 4.74 Å². The van der Waals surface area contributed by atoms with E-state index in [9.17, 15) is 0 Å². The van der Waals surface area contributed by atoms with Gasteiger partial charge in [0.05, 0.1) is 20.5 Å². The molecule has 3 heteroatoms. The van der Waals surface area contributed by atoms with Crippen LogP contribution in [0.5, 0.6) is 5.75 Å². The van der Waals surface area contributed by atoms with Crippen molar-refractivity contribution in [3.8, 4) is 5.75 Å². The molecule has 1 rings (SSSR count). The third kappa shape index (κ3) is 4.45. The maximum atomic E-state index is 5.10. The predicted octanol–water partition coefficient (Wildman–Crippen LogP) is 3.85. The van der Waals surface area contributed by atoms with Gasteiger partial charge < -0.3 is 9.47 Å². The summed E-state index contributed by atoms with van der Waals surface area (Å²) in [6.07, 6.45) is 3.59. The number of rotatable bonds is 5. The molecule has 0 amide bonds. The Labute approximate surface area is 101 Å². The zero-order valence-corrected chi connectivity index (χ0v) is 10.6. The van der Waals surface area contributed by atoms with Gasteiger partial charge in [-0.15, -0.1) is 0 Å². The molecule has 1 aromatic carbocycles. The minimum absolute atomic E-state index is 0.879. The van der Waals surface area contributed by atoms with Crippen LogP contribution in [0.2, 0.25) is 0 Å². The first kappa shape index (κ1) is 12.7. The van der Waals surface area contributed by atoms with Gasteiger partial charge in [-0.2, -0.15) is 0 Å². The van der Waals surface area contributed by atoms with Crippen molar-refractivity contribution in [1.82, 2.24) is 0 Å². The van der Waals surface area contributed by atoms with E-state index in [0.29, 0.717) is 0 Å². The standard InChI is InChI=1S/C13H16O2S/c1-11(8-9-14-2)10-16-13-6-4-12(15-3)5-7-13/h4-10H,1-3H3/b9-8+,11-10+. The molecule has 0 spiro atoms. The fourth-order valence-corrected chi connectivity index (χ4v) is 1.72. The van der Waals surface area contributed by atoms with E-state index in [0.717, 1.165) is 11.3 Å². The van der Waals surface area contributed by atoms with Gasteiger partial charge in [-0.05, 0) is 48.2 Å². The maximum absolute atomic E-state index is 5.10. The van der Waals surface area contributed by atoms with E-state index in [2.05, 4.69) is 5.41 Å². The van der Waals surface area contributed by atoms with E-state index < -0.39 is 0 Å². The van der Waals surface area contributed by atoms with Crippen LogP contribution in [0.15, 0.2) is 52.5 Å². The lowest BCUT2D eigenvalue weighted by molar-refractivity contribution is 0.338. The van der Waals surface area contributed by atoms with Crippen LogP contribution in [0.4, 0.5) is 0 Å². The van der Waals surface area contributed by atoms with Gasteiger partial charge in [-0.25, -0.2) is 0 Å². The molecular formula is C13H16O2S. The number of allylic oxidation sites excluding steroid dienone is 2. The van der Waals surface area contributed by atoms with Crippen molar-refractivity contribution in [3.05, 3.63) is 47.6 Å². The second-order valence-electron chi connectivity index (χ2n) is 3.19. The molecule has 1 aromatic rings. The Bertz CT molecular complexity index is 366. The molecule has 0 aliphatic carbocycles. The number of methoxy groups -OCH3 is 2. The van der Waals surface area contributed by atoms with Crippen LogP contribution in [-0.2, 0) is 4.74 Å². The maximum Gasteiger partial charge on any atom is 0.118 e. The van der Waals surface area contributed by atoms with Gasteiger partial charge in [0.2, 0.25) is 0 Å². The fraction of sp³-hybridized carbons (Fsp3) is 0.231. The molecule has 0 aliphatic rings. The average Bonchev–Trinajstić information content (AvgIpc) is 2.34. The minimum atomic E-state index is 0.879. The van der Waals surface area contributed by atoms with E-state index in [1.54, 1.807) is 32.2 Å². The quantitative estimate of drug-likeness (QED) is 0.439. The summed E-state index contributed by atoms with van der Waals surface area (Å²) in [5, 5.41) is 2.08. The van der Waals surface area contributed by atoms with Crippen LogP contribution in [0.25, 0.3) is 0 Å². The summed E-state index contributed by atoms with van der Waals surface area (Å²) < 4.78 is 9.94. The van der Waals surface area contributed by atoms with E-state index in [1.165, 1.54) is 4.90 Å². The average molecular weight is 236 g/mol. The molecule has 0 saturated carbocycles. The third-order valence-corrected chi connectivity index (χ3v) is 2.94. The summed E-state index contributed by atoms with van der Waals surface area (Å²) in [5.41, 5.74) is 1.16. The number of ether oxygens (including phenoxy) is 2. The zero-order chi connectivity index (χ0) is 11.8. The molecule has 0 unspecified atom stereocenters. The van der Waals surface area contributed by atoms with Gasteiger partial charge >= 0.3 is 0 Å². The van der Waals surface area contributed by atoms with Crippen LogP contribution >= 0.6 is 11.8 Å². The molecule has 0 heterocycles. The van der Waals surface area contributed by atoms with Gasteiger partial charge in [-0.3, -0.25) is 0 Å². The summed E-state index contributed by atoms with van der Waals surface area (Å²) >= 11 is 1.67. The zero-order valence-electron chi connectivity index (χ0n) is 9.77. The van der Waals surface area contributed by atoms with Crippen molar-refractivity contribution in [3.63, 3.8) is 0 Å². The monoisotopic (exact) mass is 236 g/mol. The summed E-state index contributed by atoms with van der Waals surface area (Å²) in [6, 6.07) is 7.98. The Balaban J connectivity index is 2.56. The molecule has 16 heavy (non-hydrogen) atoms. The SMILES string of the molecule is CO/C=C/C(C)=C/Sc1ccc(OC)cc1. The lowest BCUT2D eigenvalue weighted by atomic mass is 10.3. The van der Waals surface area contributed by atoms with Crippen molar-refractivity contribution in [2.75, 3.05) is 14.2 Å². The predicted molar refractivity (Wildman–Crippen MR) is 68.8 cm³/mol. The fourth-order valence-electron chi connectivity index (χ4n) is 1.03. The molecular weight excluding hydrogens is 220 g/mol. The van der Waals surface area contributed by atoms with Gasteiger partial charge in [0.1, 0.15) is 5.75 Å². The van der Waals surface area contributed by atoms with Crippen molar-refractivity contribution >= 4 is 11.8 Å². The molecule has 0 radical (unpaired) electrons. The number of hydrogen-bond acceptors (Lipinski definition) is 3. The highest BCUT2D eigenvalue weighted by atomic mass is 32.2. The van der Waals surface area contributed by atoms with E-state index >= 15 is 0 Å². The summed E-state index contributed by atoms with van der Waals surface area (Å²) in [7, 11) is 3.31. The number of thioether (sulfide) groups is 1. The summed E-state index contributed by atoms with van der Waals surface area (Å²) in [4.78, 5) is 1.19. The lowest BCUT2D eigenvalue weighted by Gasteiger charge is -2.00. The first-order chi connectivity index (χ1) is 7.76. The lowest BCUT2D eigenvalue weighted by Crippen LogP contribution is -1.80. The van der Waals surface area contributed by atoms with E-state index in [1.807, 2.05) is 37.3 Å². The highest BCUT2D eigenvalue weighted by Crippen LogP contribution is 2.23. The van der Waals surface area contributed by atoms with Gasteiger partial charge in [-0.1, -0.05) is 11.8 Å². The molecule has 0 aliphatic heterocycles. The normalized spacial score (nSPS) is 11.8. The van der Waals surface area contributed by atoms with Crippen LogP contribution in [0.1, 0.15) is 6.92 Å². The molecule has 0 N–H and O–H groups in total. The number of benzene rings is 1. The Morgan fingerprint density at radius 3 is 2.44 bits per heavy atom. The first-order valence-electron chi connectivity index (χ1n) is 4.93. The van der Waals surface area contributed by atoms with Crippen molar-refractivity contribution in [1.29, 1.82) is 0 Å². The van der Waals surface area contributed by atoms with Crippen molar-refractivity contribution in [2.45, 2.75) is 11.8 Å². The Morgan fingerprint density at radius 1 is 1.19 bits per heavy atom. The highest BCUT2D eigenvalue weighted by molar-refractivity contribution is 8.02. The Kier molecular flexibility index (Phi) is 5.57. The van der Waals surface area contributed by atoms with Crippen LogP contribution in [0, 0.1) is 0 Å². The number of hydrogen-bond donors (Lipinski definition) is 0. The van der Waals surface area contributed by atoms with Crippen molar-refractivity contribution < 1.29 is 9.47 Å². The minimum Gasteiger partial charge on any atom is -0.504 e. The van der Waals surface area contributed by atoms with Crippen molar-refractivity contribution in [2.24, 2.45) is 0 Å². The van der Waals surface area contributed by atoms with E-state index in [-0.39, 0.29) is 0 Å². The Morgan fingerprint density at radius 2 is 1.88 bits per heavy atom. The molecule has 2 nitrogen and oxygen atoms in total. The molecule has 0 bridgehead atoms. The topological polar surface area (TPSA) is 18.5 Å². The molecule has 0 saturated heterocycles. The third-order valence-electron chi connectivity index (χ3n) is 1.91. The highest BCUT2D eigenvalue weighted by Gasteiger charge is 1.93. The molecule has 86 valence electrons. The molecule has 0 aromatic heterocycles. The molecule has 0 atom stereocenters. The smallest absolute Gasteiger partial charge is 0.118 e. The summed E-state index contributed by atoms with van der Waals surface area (Å²) in [5.74, 6) is 0.879. The second kappa shape index (κ2) is 7.01. The second-order valence-corrected chi connectivity index (χ2v) is 4.14. The van der Waals surface area contributed by atoms with E-state index in [4.69, 9.17) is 9.47 Å². The van der Waals surface area contributed by atoms with Crippen LogP contribution in [0.3, 0.4) is 0 Å². The van der Waals surface area contributed by atoms with Crippen LogP contribution in [-0.4, -0.2) is 14.2 Å². The van der Waals surface area contributed by atoms with Gasteiger partial charge in [0, 0.05) is 4.90 Å².